The maximum atomic E-state index is 13.4. The molecule has 0 saturated carbocycles. The topological polar surface area (TPSA) is 102 Å². The fraction of sp³-hybridized carbons (Fsp3) is 0.375. The SMILES string of the molecule is COc1ccc(N(C(=O)Cn2nnc(-c3ccc(Cl)cc3)n2)[C@H](C)C(=O)NCCC(C)C)cc1. The molecule has 0 aliphatic carbocycles. The fourth-order valence-corrected chi connectivity index (χ4v) is 3.42. The number of anilines is 1. The lowest BCUT2D eigenvalue weighted by Gasteiger charge is -2.28. The number of carbonyl (C=O) groups is 2. The van der Waals surface area contributed by atoms with Gasteiger partial charge in [0.25, 0.3) is 5.91 Å². The highest BCUT2D eigenvalue weighted by molar-refractivity contribution is 6.30. The Morgan fingerprint density at radius 3 is 2.38 bits per heavy atom. The molecule has 1 N–H and O–H groups in total. The van der Waals surface area contributed by atoms with Crippen LogP contribution in [0.5, 0.6) is 5.75 Å². The van der Waals surface area contributed by atoms with Crippen molar-refractivity contribution in [3.63, 3.8) is 0 Å². The molecule has 10 heteroatoms. The van der Waals surface area contributed by atoms with Crippen molar-refractivity contribution in [1.82, 2.24) is 25.5 Å². The monoisotopic (exact) mass is 484 g/mol. The van der Waals surface area contributed by atoms with Gasteiger partial charge < -0.3 is 10.1 Å². The van der Waals surface area contributed by atoms with E-state index in [4.69, 9.17) is 16.3 Å². The third kappa shape index (κ3) is 6.54. The van der Waals surface area contributed by atoms with E-state index in [-0.39, 0.29) is 18.4 Å². The number of hydrogen-bond donors (Lipinski definition) is 1. The van der Waals surface area contributed by atoms with Gasteiger partial charge in [-0.2, -0.15) is 4.80 Å². The third-order valence-corrected chi connectivity index (χ3v) is 5.49. The van der Waals surface area contributed by atoms with E-state index in [0.29, 0.717) is 34.7 Å². The molecule has 0 saturated heterocycles. The highest BCUT2D eigenvalue weighted by Gasteiger charge is 2.28. The van der Waals surface area contributed by atoms with Crippen molar-refractivity contribution in [1.29, 1.82) is 0 Å². The molecule has 1 atom stereocenters. The van der Waals surface area contributed by atoms with E-state index < -0.39 is 6.04 Å². The molecule has 0 radical (unpaired) electrons. The number of halogens is 1. The second kappa shape index (κ2) is 11.6. The summed E-state index contributed by atoms with van der Waals surface area (Å²) in [4.78, 5) is 28.9. The Morgan fingerprint density at radius 1 is 1.09 bits per heavy atom. The lowest BCUT2D eigenvalue weighted by molar-refractivity contribution is -0.126. The van der Waals surface area contributed by atoms with E-state index in [9.17, 15) is 9.59 Å². The summed E-state index contributed by atoms with van der Waals surface area (Å²) in [6, 6.07) is 13.2. The van der Waals surface area contributed by atoms with Gasteiger partial charge in [0.1, 0.15) is 18.3 Å². The Bertz CT molecular complexity index is 1100. The maximum Gasteiger partial charge on any atom is 0.251 e. The predicted octanol–water partition coefficient (Wildman–Crippen LogP) is 3.59. The van der Waals surface area contributed by atoms with Crippen LogP contribution in [0.4, 0.5) is 5.69 Å². The summed E-state index contributed by atoms with van der Waals surface area (Å²) in [5.74, 6) is 0.897. The van der Waals surface area contributed by atoms with Crippen molar-refractivity contribution >= 4 is 29.1 Å². The van der Waals surface area contributed by atoms with Crippen molar-refractivity contribution in [3.8, 4) is 17.1 Å². The van der Waals surface area contributed by atoms with Gasteiger partial charge in [0.15, 0.2) is 0 Å². The number of carbonyl (C=O) groups excluding carboxylic acids is 2. The molecule has 0 bridgehead atoms. The van der Waals surface area contributed by atoms with Crippen molar-refractivity contribution in [2.45, 2.75) is 39.8 Å². The summed E-state index contributed by atoms with van der Waals surface area (Å²) < 4.78 is 5.22. The molecular weight excluding hydrogens is 456 g/mol. The first-order valence-electron chi connectivity index (χ1n) is 11.1. The largest absolute Gasteiger partial charge is 0.497 e. The molecular formula is C24H29ClN6O3. The van der Waals surface area contributed by atoms with Gasteiger partial charge in [0, 0.05) is 22.8 Å². The van der Waals surface area contributed by atoms with Gasteiger partial charge in [-0.15, -0.1) is 10.2 Å². The van der Waals surface area contributed by atoms with Crippen LogP contribution in [0.2, 0.25) is 5.02 Å². The molecule has 2 aromatic carbocycles. The van der Waals surface area contributed by atoms with Gasteiger partial charge in [0.2, 0.25) is 11.7 Å². The highest BCUT2D eigenvalue weighted by Crippen LogP contribution is 2.22. The van der Waals surface area contributed by atoms with Gasteiger partial charge in [-0.25, -0.2) is 0 Å². The number of amides is 2. The first-order chi connectivity index (χ1) is 16.3. The number of rotatable bonds is 10. The molecule has 3 aromatic rings. The number of methoxy groups -OCH3 is 1. The number of tetrazole rings is 1. The first-order valence-corrected chi connectivity index (χ1v) is 11.4. The minimum absolute atomic E-state index is 0.184. The number of benzene rings is 2. The summed E-state index contributed by atoms with van der Waals surface area (Å²) in [6.07, 6.45) is 0.852. The Hall–Kier alpha value is -3.46. The number of ether oxygens (including phenoxy) is 1. The lowest BCUT2D eigenvalue weighted by atomic mass is 10.1. The van der Waals surface area contributed by atoms with E-state index in [1.807, 2.05) is 0 Å². The first kappa shape index (κ1) is 25.2. The molecule has 1 aromatic heterocycles. The van der Waals surface area contributed by atoms with Crippen LogP contribution in [0, 0.1) is 5.92 Å². The molecule has 0 unspecified atom stereocenters. The van der Waals surface area contributed by atoms with Crippen LogP contribution in [-0.2, 0) is 16.1 Å². The normalized spacial score (nSPS) is 11.8. The quantitative estimate of drug-likeness (QED) is 0.472. The zero-order valence-corrected chi connectivity index (χ0v) is 20.5. The van der Waals surface area contributed by atoms with Gasteiger partial charge >= 0.3 is 0 Å². The fourth-order valence-electron chi connectivity index (χ4n) is 3.30. The summed E-state index contributed by atoms with van der Waals surface area (Å²) >= 11 is 5.94. The average Bonchev–Trinajstić information content (AvgIpc) is 3.28. The van der Waals surface area contributed by atoms with Crippen LogP contribution in [0.1, 0.15) is 27.2 Å². The lowest BCUT2D eigenvalue weighted by Crippen LogP contribution is -2.49. The van der Waals surface area contributed by atoms with Gasteiger partial charge in [0.05, 0.1) is 7.11 Å². The Labute approximate surface area is 204 Å². The Morgan fingerprint density at radius 2 is 1.76 bits per heavy atom. The standard InChI is InChI=1S/C24H29ClN6O3/c1-16(2)13-14-26-24(33)17(3)31(20-9-11-21(34-4)12-10-20)22(32)15-30-28-23(27-29-30)18-5-7-19(25)8-6-18/h5-12,16-17H,13-15H2,1-4H3,(H,26,33)/t17-/m1/s1. The molecule has 9 nitrogen and oxygen atoms in total. The van der Waals surface area contributed by atoms with Crippen LogP contribution in [0.25, 0.3) is 11.4 Å². The van der Waals surface area contributed by atoms with Crippen LogP contribution >= 0.6 is 11.6 Å². The number of aromatic nitrogens is 4. The molecule has 3 rings (SSSR count). The summed E-state index contributed by atoms with van der Waals surface area (Å²) in [6.45, 7) is 6.23. The van der Waals surface area contributed by atoms with Crippen LogP contribution in [-0.4, -0.2) is 51.7 Å². The second-order valence-corrected chi connectivity index (χ2v) is 8.70. The molecule has 0 fully saturated rings. The smallest absolute Gasteiger partial charge is 0.251 e. The van der Waals surface area contributed by atoms with Crippen molar-refractivity contribution in [3.05, 3.63) is 53.6 Å². The van der Waals surface area contributed by atoms with E-state index >= 15 is 0 Å². The Kier molecular flexibility index (Phi) is 8.59. The number of hydrogen-bond acceptors (Lipinski definition) is 6. The summed E-state index contributed by atoms with van der Waals surface area (Å²) in [5.41, 5.74) is 1.29. The van der Waals surface area contributed by atoms with Crippen molar-refractivity contribution in [2.75, 3.05) is 18.6 Å². The zero-order valence-electron chi connectivity index (χ0n) is 19.7. The molecule has 0 aliphatic rings. The van der Waals surface area contributed by atoms with Gasteiger partial charge in [-0.1, -0.05) is 25.4 Å². The van der Waals surface area contributed by atoms with Gasteiger partial charge in [-0.05, 0) is 73.0 Å². The minimum atomic E-state index is -0.743. The number of nitrogens with zero attached hydrogens (tertiary/aromatic N) is 5. The Balaban J connectivity index is 1.80. The van der Waals surface area contributed by atoms with Crippen LogP contribution in [0.15, 0.2) is 48.5 Å². The van der Waals surface area contributed by atoms with E-state index in [1.54, 1.807) is 62.6 Å². The zero-order chi connectivity index (χ0) is 24.7. The number of nitrogens with one attached hydrogen (secondary N) is 1. The van der Waals surface area contributed by atoms with E-state index in [0.717, 1.165) is 12.0 Å². The van der Waals surface area contributed by atoms with E-state index in [1.165, 1.54) is 9.70 Å². The van der Waals surface area contributed by atoms with Crippen LogP contribution in [0.3, 0.4) is 0 Å². The molecule has 180 valence electrons. The molecule has 1 heterocycles. The van der Waals surface area contributed by atoms with Crippen molar-refractivity contribution < 1.29 is 14.3 Å². The molecule has 0 aliphatic heterocycles. The summed E-state index contributed by atoms with van der Waals surface area (Å²) in [5, 5.41) is 15.9. The molecule has 34 heavy (non-hydrogen) atoms. The summed E-state index contributed by atoms with van der Waals surface area (Å²) in [7, 11) is 1.57. The minimum Gasteiger partial charge on any atom is -0.497 e. The van der Waals surface area contributed by atoms with E-state index in [2.05, 4.69) is 34.6 Å². The second-order valence-electron chi connectivity index (χ2n) is 8.26. The predicted molar refractivity (Wildman–Crippen MR) is 131 cm³/mol. The van der Waals surface area contributed by atoms with Gasteiger partial charge in [-0.3, -0.25) is 14.5 Å². The molecule has 2 amide bonds. The van der Waals surface area contributed by atoms with Crippen molar-refractivity contribution in [2.24, 2.45) is 5.92 Å². The molecule has 0 spiro atoms. The van der Waals surface area contributed by atoms with Crippen LogP contribution < -0.4 is 15.0 Å². The third-order valence-electron chi connectivity index (χ3n) is 5.24. The average molecular weight is 485 g/mol. The highest BCUT2D eigenvalue weighted by atomic mass is 35.5. The maximum absolute atomic E-state index is 13.4.